The Balaban J connectivity index is 2.10. The van der Waals surface area contributed by atoms with E-state index in [-0.39, 0.29) is 23.3 Å². The van der Waals surface area contributed by atoms with Crippen molar-refractivity contribution in [2.45, 2.75) is 19.8 Å². The molecule has 3 rings (SSSR count). The van der Waals surface area contributed by atoms with Crippen molar-refractivity contribution in [2.24, 2.45) is 0 Å². The lowest BCUT2D eigenvalue weighted by molar-refractivity contribution is -0.274. The summed E-state index contributed by atoms with van der Waals surface area (Å²) in [6.45, 7) is 1.67. The topological polar surface area (TPSA) is 64.4 Å². The lowest BCUT2D eigenvalue weighted by atomic mass is 10.1. The van der Waals surface area contributed by atoms with Crippen molar-refractivity contribution in [1.29, 1.82) is 0 Å². The molecule has 2 aromatic carbocycles. The van der Waals surface area contributed by atoms with Crippen molar-refractivity contribution in [3.8, 4) is 5.75 Å². The number of hydrogen-bond acceptors (Lipinski definition) is 3. The molecule has 0 fully saturated rings. The molecule has 1 aromatic heterocycles. The van der Waals surface area contributed by atoms with E-state index < -0.39 is 23.9 Å². The first-order chi connectivity index (χ1) is 13.1. The number of aromatic nitrogens is 2. The number of carboxylic acids is 1. The van der Waals surface area contributed by atoms with Gasteiger partial charge in [0.2, 0.25) is 0 Å². The molecule has 0 spiro atoms. The van der Waals surface area contributed by atoms with Gasteiger partial charge >= 0.3 is 12.3 Å². The van der Waals surface area contributed by atoms with E-state index in [1.165, 1.54) is 22.9 Å². The van der Waals surface area contributed by atoms with Crippen LogP contribution in [0.2, 0.25) is 0 Å². The van der Waals surface area contributed by atoms with E-state index in [0.29, 0.717) is 5.39 Å². The molecular weight excluding hydrogens is 380 g/mol. The molecule has 0 aliphatic rings. The molecule has 1 heterocycles. The standard InChI is InChI=1S/C19H14F4N2O3/c1-11-2-3-12(15(20)8-11)10-25-17-9-13(28-19(21,22)23)4-5-14(17)16(24-25)6-7-18(26)27/h2-9H,10H2,1H3,(H,26,27)/b7-6+. The Hall–Kier alpha value is -3.36. The van der Waals surface area contributed by atoms with Gasteiger partial charge in [0, 0.05) is 23.1 Å². The largest absolute Gasteiger partial charge is 0.573 e. The molecule has 1 N–H and O–H groups in total. The molecule has 0 saturated heterocycles. The van der Waals surface area contributed by atoms with Crippen LogP contribution in [0.4, 0.5) is 17.6 Å². The van der Waals surface area contributed by atoms with Crippen molar-refractivity contribution < 1.29 is 32.2 Å². The van der Waals surface area contributed by atoms with Crippen LogP contribution in [0.3, 0.4) is 0 Å². The molecule has 0 amide bonds. The van der Waals surface area contributed by atoms with Gasteiger partial charge in [-0.2, -0.15) is 5.10 Å². The Morgan fingerprint density at radius 2 is 2.00 bits per heavy atom. The summed E-state index contributed by atoms with van der Waals surface area (Å²) in [5.74, 6) is -2.14. The minimum absolute atomic E-state index is 0.0566. The Morgan fingerprint density at radius 1 is 1.25 bits per heavy atom. The van der Waals surface area contributed by atoms with Crippen LogP contribution in [0.15, 0.2) is 42.5 Å². The highest BCUT2D eigenvalue weighted by Gasteiger charge is 2.31. The first kappa shape index (κ1) is 19.4. The number of benzene rings is 2. The summed E-state index contributed by atoms with van der Waals surface area (Å²) in [4.78, 5) is 10.8. The number of aliphatic carboxylic acids is 1. The molecule has 0 unspecified atom stereocenters. The number of aryl methyl sites for hydroxylation is 1. The molecule has 3 aromatic rings. The summed E-state index contributed by atoms with van der Waals surface area (Å²) in [6.07, 6.45) is -2.79. The minimum atomic E-state index is -4.87. The van der Waals surface area contributed by atoms with Gasteiger partial charge in [-0.05, 0) is 36.8 Å². The summed E-state index contributed by atoms with van der Waals surface area (Å²) >= 11 is 0. The van der Waals surface area contributed by atoms with Crippen molar-refractivity contribution >= 4 is 22.9 Å². The number of rotatable bonds is 5. The Morgan fingerprint density at radius 3 is 2.64 bits per heavy atom. The lowest BCUT2D eigenvalue weighted by Crippen LogP contribution is -2.17. The van der Waals surface area contributed by atoms with Crippen LogP contribution in [0, 0.1) is 12.7 Å². The highest BCUT2D eigenvalue weighted by molar-refractivity contribution is 5.92. The number of nitrogens with zero attached hydrogens (tertiary/aromatic N) is 2. The molecule has 146 valence electrons. The molecule has 9 heteroatoms. The Kier molecular flexibility index (Phi) is 5.08. The van der Waals surface area contributed by atoms with Gasteiger partial charge in [0.1, 0.15) is 11.6 Å². The van der Waals surface area contributed by atoms with Gasteiger partial charge in [0.15, 0.2) is 0 Å². The monoisotopic (exact) mass is 394 g/mol. The Labute approximate surface area is 156 Å². The molecule has 0 atom stereocenters. The molecule has 0 radical (unpaired) electrons. The van der Waals surface area contributed by atoms with Gasteiger partial charge in [0.05, 0.1) is 17.8 Å². The van der Waals surface area contributed by atoms with Crippen LogP contribution < -0.4 is 4.74 Å². The quantitative estimate of drug-likeness (QED) is 0.510. The van der Waals surface area contributed by atoms with Crippen LogP contribution in [0.1, 0.15) is 16.8 Å². The molecule has 5 nitrogen and oxygen atoms in total. The summed E-state index contributed by atoms with van der Waals surface area (Å²) < 4.78 is 57.0. The molecular formula is C19H14F4N2O3. The second kappa shape index (κ2) is 7.34. The van der Waals surface area contributed by atoms with E-state index in [4.69, 9.17) is 5.11 Å². The van der Waals surface area contributed by atoms with Crippen molar-refractivity contribution in [2.75, 3.05) is 0 Å². The minimum Gasteiger partial charge on any atom is -0.478 e. The van der Waals surface area contributed by atoms with Gasteiger partial charge in [-0.1, -0.05) is 12.1 Å². The first-order valence-electron chi connectivity index (χ1n) is 8.05. The maximum Gasteiger partial charge on any atom is 0.573 e. The molecule has 0 aliphatic heterocycles. The summed E-state index contributed by atoms with van der Waals surface area (Å²) in [6, 6.07) is 8.17. The zero-order chi connectivity index (χ0) is 20.5. The molecule has 0 aliphatic carbocycles. The molecule has 0 saturated carbocycles. The van der Waals surface area contributed by atoms with Crippen molar-refractivity contribution in [1.82, 2.24) is 9.78 Å². The van der Waals surface area contributed by atoms with Crippen molar-refractivity contribution in [3.63, 3.8) is 0 Å². The van der Waals surface area contributed by atoms with E-state index in [2.05, 4.69) is 9.84 Å². The number of alkyl halides is 3. The van der Waals surface area contributed by atoms with Crippen molar-refractivity contribution in [3.05, 3.63) is 65.1 Å². The predicted octanol–water partition coefficient (Wildman–Crippen LogP) is 4.53. The smallest absolute Gasteiger partial charge is 0.478 e. The van der Waals surface area contributed by atoms with Crippen LogP contribution in [0.5, 0.6) is 5.75 Å². The second-order valence-corrected chi connectivity index (χ2v) is 6.04. The SMILES string of the molecule is Cc1ccc(Cn2nc(/C=C/C(=O)O)c3ccc(OC(F)(F)F)cc32)c(F)c1. The number of ether oxygens (including phenoxy) is 1. The lowest BCUT2D eigenvalue weighted by Gasteiger charge is -2.10. The highest BCUT2D eigenvalue weighted by atomic mass is 19.4. The fourth-order valence-electron chi connectivity index (χ4n) is 2.71. The van der Waals surface area contributed by atoms with Crippen LogP contribution in [0.25, 0.3) is 17.0 Å². The number of carboxylic acid groups (broad SMARTS) is 1. The van der Waals surface area contributed by atoms with Crippen LogP contribution in [-0.2, 0) is 11.3 Å². The van der Waals surface area contributed by atoms with E-state index in [9.17, 15) is 22.4 Å². The van der Waals surface area contributed by atoms with E-state index >= 15 is 0 Å². The highest BCUT2D eigenvalue weighted by Crippen LogP contribution is 2.29. The van der Waals surface area contributed by atoms with Gasteiger partial charge in [0.25, 0.3) is 0 Å². The zero-order valence-corrected chi connectivity index (χ0v) is 14.5. The number of carbonyl (C=O) groups is 1. The van der Waals surface area contributed by atoms with Crippen LogP contribution in [-0.4, -0.2) is 27.2 Å². The number of fused-ring (bicyclic) bond motifs is 1. The average molecular weight is 394 g/mol. The first-order valence-corrected chi connectivity index (χ1v) is 8.05. The van der Waals surface area contributed by atoms with E-state index in [1.807, 2.05) is 0 Å². The number of halogens is 4. The third-order valence-corrected chi connectivity index (χ3v) is 3.90. The predicted molar refractivity (Wildman–Crippen MR) is 93.3 cm³/mol. The van der Waals surface area contributed by atoms with Gasteiger partial charge < -0.3 is 9.84 Å². The number of hydrogen-bond donors (Lipinski definition) is 1. The third-order valence-electron chi connectivity index (χ3n) is 3.90. The summed E-state index contributed by atoms with van der Waals surface area (Å²) in [5, 5.41) is 13.4. The normalized spacial score (nSPS) is 12.0. The summed E-state index contributed by atoms with van der Waals surface area (Å²) in [5.41, 5.74) is 1.47. The van der Waals surface area contributed by atoms with Gasteiger partial charge in [-0.3, -0.25) is 4.68 Å². The van der Waals surface area contributed by atoms with Gasteiger partial charge in [-0.15, -0.1) is 13.2 Å². The summed E-state index contributed by atoms with van der Waals surface area (Å²) in [7, 11) is 0. The van der Waals surface area contributed by atoms with E-state index in [0.717, 1.165) is 23.8 Å². The van der Waals surface area contributed by atoms with E-state index in [1.54, 1.807) is 19.1 Å². The maximum atomic E-state index is 14.2. The fraction of sp³-hybridized carbons (Fsp3) is 0.158. The Bertz CT molecular complexity index is 1070. The zero-order valence-electron chi connectivity index (χ0n) is 14.5. The molecule has 28 heavy (non-hydrogen) atoms. The van der Waals surface area contributed by atoms with Crippen LogP contribution >= 0.6 is 0 Å². The average Bonchev–Trinajstić information content (AvgIpc) is 2.91. The maximum absolute atomic E-state index is 14.2. The molecule has 0 bridgehead atoms. The fourth-order valence-corrected chi connectivity index (χ4v) is 2.71. The second-order valence-electron chi connectivity index (χ2n) is 6.04. The van der Waals surface area contributed by atoms with Gasteiger partial charge in [-0.25, -0.2) is 9.18 Å². The third kappa shape index (κ3) is 4.48.